The number of rotatable bonds is 1. The minimum atomic E-state index is -0.370. The van der Waals surface area contributed by atoms with E-state index in [2.05, 4.69) is 75.6 Å². The van der Waals surface area contributed by atoms with E-state index in [1.54, 1.807) is 0 Å². The van der Waals surface area contributed by atoms with E-state index >= 15 is 0 Å². The lowest BCUT2D eigenvalue weighted by molar-refractivity contribution is -0.120. The second-order valence-corrected chi connectivity index (χ2v) is 10.0. The number of aromatic nitrogens is 1. The van der Waals surface area contributed by atoms with Gasteiger partial charge in [0.2, 0.25) is 5.91 Å². The third-order valence-corrected chi connectivity index (χ3v) is 8.66. The number of H-pyrrole nitrogens is 1. The Kier molecular flexibility index (Phi) is 4.25. The van der Waals surface area contributed by atoms with Crippen molar-refractivity contribution in [1.29, 1.82) is 0 Å². The molecule has 1 aliphatic carbocycles. The lowest BCUT2D eigenvalue weighted by Gasteiger charge is -2.60. The quantitative estimate of drug-likeness (QED) is 0.491. The van der Waals surface area contributed by atoms with E-state index in [-0.39, 0.29) is 27.5 Å². The maximum atomic E-state index is 12.6. The molecule has 3 N–H and O–H groups in total. The van der Waals surface area contributed by atoms with Crippen molar-refractivity contribution in [3.05, 3.63) is 16.3 Å². The highest BCUT2D eigenvalue weighted by Crippen LogP contribution is 2.65. The Hall–Kier alpha value is -0.896. The fourth-order valence-corrected chi connectivity index (χ4v) is 5.36. The second-order valence-electron chi connectivity index (χ2n) is 9.66. The summed E-state index contributed by atoms with van der Waals surface area (Å²) in [6, 6.07) is 0. The molecule has 1 amide bonds. The van der Waals surface area contributed by atoms with E-state index in [1.807, 2.05) is 0 Å². The van der Waals surface area contributed by atoms with Crippen LogP contribution in [0.5, 0.6) is 0 Å². The van der Waals surface area contributed by atoms with Gasteiger partial charge in [-0.25, -0.2) is 0 Å². The van der Waals surface area contributed by atoms with Crippen molar-refractivity contribution in [1.82, 2.24) is 4.98 Å². The van der Waals surface area contributed by atoms with Gasteiger partial charge in [0.15, 0.2) is 0 Å². The average molecular weight is 355 g/mol. The van der Waals surface area contributed by atoms with Gasteiger partial charge in [0.25, 0.3) is 0 Å². The van der Waals surface area contributed by atoms with Crippen LogP contribution in [0, 0.1) is 0 Å². The summed E-state index contributed by atoms with van der Waals surface area (Å²) in [5.74, 6) is -0.643. The largest absolute Gasteiger partial charge is 0.369 e. The molecule has 0 saturated heterocycles. The smallest absolute Gasteiger partial charge is 0.225 e. The number of benzene rings is 1. The maximum Gasteiger partial charge on any atom is 0.225 e. The number of nitrogens with two attached hydrogens (primary N) is 1. The van der Waals surface area contributed by atoms with Gasteiger partial charge >= 0.3 is 0 Å². The normalized spacial score (nSPS) is 22.7. The van der Waals surface area contributed by atoms with Crippen LogP contribution >= 0.6 is 11.6 Å². The van der Waals surface area contributed by atoms with Gasteiger partial charge in [-0.1, -0.05) is 43.6 Å². The summed E-state index contributed by atoms with van der Waals surface area (Å²) in [6.07, 6.45) is 0. The fourth-order valence-electron chi connectivity index (χ4n) is 5.12. The number of hydrogen-bond acceptors (Lipinski definition) is 1. The van der Waals surface area contributed by atoms with Crippen molar-refractivity contribution in [3.63, 3.8) is 0 Å². The Balaban J connectivity index is 2.60. The number of fused-ring (bicyclic) bond motifs is 3. The first kappa shape index (κ1) is 19.9. The van der Waals surface area contributed by atoms with Gasteiger partial charge in [0.05, 0.1) is 37.3 Å². The van der Waals surface area contributed by atoms with E-state index in [1.165, 1.54) is 5.56 Å². The predicted molar refractivity (Wildman–Crippen MR) is 138 cm³/mol. The van der Waals surface area contributed by atoms with Crippen molar-refractivity contribution in [3.8, 4) is 0 Å². The van der Waals surface area contributed by atoms with Gasteiger partial charge in [0.1, 0.15) is 39.2 Å². The Morgan fingerprint density at radius 1 is 1.00 bits per heavy atom. The van der Waals surface area contributed by atoms with Gasteiger partial charge in [-0.05, 0) is 10.9 Å². The van der Waals surface area contributed by atoms with E-state index in [9.17, 15) is 4.79 Å². The molecule has 1 aliphatic rings. The average Bonchev–Trinajstić information content (AvgIpc) is 2.89. The first-order valence-electron chi connectivity index (χ1n) is 9.30. The summed E-state index contributed by atoms with van der Waals surface area (Å²) >= 11 is 6.67. The molecule has 124 valence electrons. The summed E-state index contributed by atoms with van der Waals surface area (Å²) in [5, 5.41) is 1.36. The molecule has 2 aromatic rings. The van der Waals surface area contributed by atoms with Crippen LogP contribution in [0.25, 0.3) is 10.9 Å². The number of carbonyl (C=O) groups excluding carboxylic acids is 1. The lowest BCUT2D eigenvalue weighted by atomic mass is 9.13. The molecule has 26 heavy (non-hydrogen) atoms. The van der Waals surface area contributed by atoms with E-state index in [0.29, 0.717) is 0 Å². The van der Waals surface area contributed by atoms with Crippen LogP contribution in [-0.4, -0.2) is 81.5 Å². The molecule has 0 bridgehead atoms. The summed E-state index contributed by atoms with van der Waals surface area (Å²) in [7, 11) is 19.6. The molecule has 0 saturated carbocycles. The molecule has 13 heteroatoms. The van der Waals surface area contributed by atoms with Gasteiger partial charge in [0, 0.05) is 16.2 Å². The Labute approximate surface area is 168 Å². The van der Waals surface area contributed by atoms with Gasteiger partial charge in [-0.3, -0.25) is 4.79 Å². The minimum Gasteiger partial charge on any atom is -0.369 e. The maximum absolute atomic E-state index is 12.6. The number of carbonyl (C=O) groups is 1. The van der Waals surface area contributed by atoms with Gasteiger partial charge < -0.3 is 10.7 Å². The molecule has 0 spiro atoms. The number of nitrogens with one attached hydrogen (secondary N) is 1. The molecular weight excluding hydrogens is 333 g/mol. The summed E-state index contributed by atoms with van der Waals surface area (Å²) in [4.78, 5) is 16.2. The molecule has 1 aromatic carbocycles. The van der Waals surface area contributed by atoms with Crippen molar-refractivity contribution in [2.24, 2.45) is 5.73 Å². The first-order chi connectivity index (χ1) is 11.7. The lowest BCUT2D eigenvalue weighted by Crippen LogP contribution is -2.58. The number of primary amides is 1. The molecule has 3 nitrogen and oxygen atoms in total. The van der Waals surface area contributed by atoms with Crippen molar-refractivity contribution in [2.75, 3.05) is 0 Å². The van der Waals surface area contributed by atoms with E-state index in [0.717, 1.165) is 38.0 Å². The molecule has 0 aliphatic heterocycles. The number of halogens is 1. The van der Waals surface area contributed by atoms with Crippen molar-refractivity contribution < 1.29 is 4.79 Å². The zero-order valence-corrected chi connectivity index (χ0v) is 18.2. The SMILES string of the molecule is Bc1c(Cl)c(B)c2c3c([nH]c2c1B)C(C(N)=O)C(B)(B)C(B)(B)C3(B)B. The van der Waals surface area contributed by atoms with Crippen LogP contribution in [0.1, 0.15) is 17.2 Å². The molecule has 0 radical (unpaired) electrons. The highest BCUT2D eigenvalue weighted by atomic mass is 35.5. The summed E-state index contributed by atoms with van der Waals surface area (Å²) in [6.45, 7) is 0. The van der Waals surface area contributed by atoms with Crippen LogP contribution in [0.15, 0.2) is 0 Å². The van der Waals surface area contributed by atoms with E-state index in [4.69, 9.17) is 17.3 Å². The minimum absolute atomic E-state index is 0.153. The monoisotopic (exact) mass is 356 g/mol. The molecule has 3 rings (SSSR count). The molecule has 1 atom stereocenters. The molecule has 0 fully saturated rings. The molecule has 1 heterocycles. The third-order valence-electron chi connectivity index (χ3n) is 8.09. The molecule has 1 unspecified atom stereocenters. The number of aromatic amines is 1. The van der Waals surface area contributed by atoms with Crippen LogP contribution in [0.4, 0.5) is 0 Å². The van der Waals surface area contributed by atoms with E-state index < -0.39 is 0 Å². The Morgan fingerprint density at radius 3 is 2.04 bits per heavy atom. The highest BCUT2D eigenvalue weighted by Gasteiger charge is 2.58. The fraction of sp³-hybridized carbons (Fsp3) is 0.308. The zero-order chi connectivity index (χ0) is 20.0. The Bertz CT molecular complexity index is 969. The van der Waals surface area contributed by atoms with Crippen LogP contribution in [-0.2, 0) is 10.0 Å². The van der Waals surface area contributed by atoms with Crippen molar-refractivity contribution in [2.45, 2.75) is 21.6 Å². The summed E-state index contributed by atoms with van der Waals surface area (Å²) < 4.78 is 0. The summed E-state index contributed by atoms with van der Waals surface area (Å²) in [5.41, 5.74) is 12.5. The predicted octanol–water partition coefficient (Wildman–Crippen LogP) is -8.64. The Morgan fingerprint density at radius 2 is 1.54 bits per heavy atom. The van der Waals surface area contributed by atoms with Crippen LogP contribution in [0.3, 0.4) is 0 Å². The second kappa shape index (κ2) is 5.56. The van der Waals surface area contributed by atoms with Gasteiger partial charge in [-0.15, -0.1) is 0 Å². The number of amides is 1. The number of hydrogen-bond donors (Lipinski definition) is 2. The zero-order valence-electron chi connectivity index (χ0n) is 17.4. The first-order valence-corrected chi connectivity index (χ1v) is 9.68. The highest BCUT2D eigenvalue weighted by molar-refractivity contribution is 6.65. The van der Waals surface area contributed by atoms with Crippen LogP contribution in [0.2, 0.25) is 15.5 Å². The standard InChI is InChI=1S/C13H22B9ClN2O/c14-4-1-2-9(25-8(1)6(16)5(15)7(4)23)3(10(24)26)12(19,20)13(21,22)11(2,17)18/h3,25H,14-22H2,(H2,24,26). The van der Waals surface area contributed by atoms with Crippen LogP contribution < -0.4 is 22.1 Å². The van der Waals surface area contributed by atoms with Gasteiger partial charge in [-0.2, -0.15) is 0 Å². The molecular formula is C13H22B9ClN2O. The molecule has 1 aromatic heterocycles. The van der Waals surface area contributed by atoms with Crippen molar-refractivity contribution >= 4 is 115 Å². The third kappa shape index (κ3) is 2.11. The topological polar surface area (TPSA) is 58.9 Å².